The lowest BCUT2D eigenvalue weighted by Gasteiger charge is -2.28. The zero-order valence-electron chi connectivity index (χ0n) is 17.4. The molecule has 1 N–H and O–H groups in total. The van der Waals surface area contributed by atoms with Crippen molar-refractivity contribution >= 4 is 11.8 Å². The maximum atomic E-state index is 13.0. The fourth-order valence-corrected chi connectivity index (χ4v) is 4.46. The highest BCUT2D eigenvalue weighted by Gasteiger charge is 2.29. The summed E-state index contributed by atoms with van der Waals surface area (Å²) in [5.41, 5.74) is 0.292. The molecule has 0 unspecified atom stereocenters. The van der Waals surface area contributed by atoms with Crippen LogP contribution in [0.2, 0.25) is 0 Å². The fraction of sp³-hybridized carbons (Fsp3) is 0.773. The average molecular weight is 390 g/mol. The molecule has 0 aromatic carbocycles. The molecule has 6 nitrogen and oxygen atoms in total. The van der Waals surface area contributed by atoms with Gasteiger partial charge in [-0.05, 0) is 31.1 Å². The monoisotopic (exact) mass is 389 g/mol. The zero-order valence-corrected chi connectivity index (χ0v) is 17.4. The van der Waals surface area contributed by atoms with E-state index in [1.807, 2.05) is 18.7 Å². The number of amides is 2. The summed E-state index contributed by atoms with van der Waals surface area (Å²) in [4.78, 5) is 27.2. The Bertz CT molecular complexity index is 643. The molecule has 1 aromatic rings. The Morgan fingerprint density at radius 3 is 2.54 bits per heavy atom. The smallest absolute Gasteiger partial charge is 0.273 e. The largest absolute Gasteiger partial charge is 0.359 e. The summed E-state index contributed by atoms with van der Waals surface area (Å²) < 4.78 is 5.41. The van der Waals surface area contributed by atoms with Gasteiger partial charge in [-0.2, -0.15) is 0 Å². The third-order valence-corrected chi connectivity index (χ3v) is 6.12. The summed E-state index contributed by atoms with van der Waals surface area (Å²) >= 11 is 0. The van der Waals surface area contributed by atoms with Crippen molar-refractivity contribution in [3.63, 3.8) is 0 Å². The van der Waals surface area contributed by atoms with E-state index in [0.717, 1.165) is 25.2 Å². The highest BCUT2D eigenvalue weighted by Crippen LogP contribution is 2.30. The summed E-state index contributed by atoms with van der Waals surface area (Å²) in [5.74, 6) is 1.70. The van der Waals surface area contributed by atoms with Gasteiger partial charge in [0, 0.05) is 25.1 Å². The molecular weight excluding hydrogens is 354 g/mol. The topological polar surface area (TPSA) is 75.4 Å². The van der Waals surface area contributed by atoms with Gasteiger partial charge in [-0.3, -0.25) is 9.59 Å². The second-order valence-electron chi connectivity index (χ2n) is 8.93. The Hall–Kier alpha value is -1.85. The Kier molecular flexibility index (Phi) is 7.51. The van der Waals surface area contributed by atoms with E-state index >= 15 is 0 Å². The molecule has 3 rings (SSSR count). The van der Waals surface area contributed by atoms with Gasteiger partial charge in [0.15, 0.2) is 11.5 Å². The predicted molar refractivity (Wildman–Crippen MR) is 108 cm³/mol. The number of nitrogens with zero attached hydrogens (tertiary/aromatic N) is 2. The van der Waals surface area contributed by atoms with Gasteiger partial charge in [0.05, 0.1) is 6.54 Å². The molecule has 2 amide bonds. The van der Waals surface area contributed by atoms with Crippen LogP contribution in [0.1, 0.15) is 94.3 Å². The first-order valence-electron chi connectivity index (χ1n) is 11.1. The van der Waals surface area contributed by atoms with Crippen molar-refractivity contribution in [2.24, 2.45) is 11.8 Å². The van der Waals surface area contributed by atoms with Crippen LogP contribution in [-0.4, -0.2) is 34.5 Å². The first-order chi connectivity index (χ1) is 13.5. The van der Waals surface area contributed by atoms with Crippen molar-refractivity contribution in [1.29, 1.82) is 0 Å². The lowest BCUT2D eigenvalue weighted by molar-refractivity contribution is -0.134. The van der Waals surface area contributed by atoms with Crippen molar-refractivity contribution in [2.45, 2.75) is 90.6 Å². The van der Waals surface area contributed by atoms with Gasteiger partial charge in [0.25, 0.3) is 5.91 Å². The molecule has 28 heavy (non-hydrogen) atoms. The van der Waals surface area contributed by atoms with Crippen LogP contribution in [-0.2, 0) is 11.3 Å². The Morgan fingerprint density at radius 1 is 1.18 bits per heavy atom. The highest BCUT2D eigenvalue weighted by atomic mass is 16.5. The molecule has 2 aliphatic carbocycles. The van der Waals surface area contributed by atoms with Crippen LogP contribution in [0.25, 0.3) is 0 Å². The van der Waals surface area contributed by atoms with E-state index in [9.17, 15) is 9.59 Å². The van der Waals surface area contributed by atoms with Gasteiger partial charge in [-0.1, -0.05) is 57.5 Å². The third-order valence-electron chi connectivity index (χ3n) is 6.12. The van der Waals surface area contributed by atoms with Gasteiger partial charge < -0.3 is 14.7 Å². The molecule has 2 aliphatic rings. The molecule has 0 bridgehead atoms. The average Bonchev–Trinajstić information content (AvgIpc) is 3.44. The van der Waals surface area contributed by atoms with E-state index in [4.69, 9.17) is 4.52 Å². The molecule has 1 heterocycles. The van der Waals surface area contributed by atoms with Gasteiger partial charge in [-0.15, -0.1) is 0 Å². The molecule has 0 saturated heterocycles. The molecule has 156 valence electrons. The predicted octanol–water partition coefficient (Wildman–Crippen LogP) is 4.30. The number of hydrogen-bond donors (Lipinski definition) is 1. The number of rotatable bonds is 9. The van der Waals surface area contributed by atoms with Crippen LogP contribution in [0.15, 0.2) is 10.6 Å². The summed E-state index contributed by atoms with van der Waals surface area (Å²) in [6.45, 7) is 5.11. The van der Waals surface area contributed by atoms with Gasteiger partial charge in [-0.25, -0.2) is 0 Å². The van der Waals surface area contributed by atoms with Gasteiger partial charge >= 0.3 is 0 Å². The van der Waals surface area contributed by atoms with Crippen LogP contribution < -0.4 is 5.32 Å². The Balaban J connectivity index is 1.59. The summed E-state index contributed by atoms with van der Waals surface area (Å²) in [6, 6.07) is 1.97. The van der Waals surface area contributed by atoms with Crippen molar-refractivity contribution in [3.05, 3.63) is 17.5 Å². The summed E-state index contributed by atoms with van der Waals surface area (Å²) in [7, 11) is 0. The number of carbonyl (C=O) groups excluding carboxylic acids is 2. The van der Waals surface area contributed by atoms with Crippen molar-refractivity contribution in [2.75, 3.05) is 6.54 Å². The third kappa shape index (κ3) is 5.82. The molecule has 2 fully saturated rings. The first-order valence-corrected chi connectivity index (χ1v) is 11.1. The molecule has 0 atom stereocenters. The van der Waals surface area contributed by atoms with Crippen molar-refractivity contribution in [1.82, 2.24) is 15.4 Å². The lowest BCUT2D eigenvalue weighted by atomic mass is 10.0. The van der Waals surface area contributed by atoms with Crippen LogP contribution >= 0.6 is 0 Å². The van der Waals surface area contributed by atoms with Crippen molar-refractivity contribution < 1.29 is 14.1 Å². The Morgan fingerprint density at radius 2 is 1.86 bits per heavy atom. The second kappa shape index (κ2) is 10.1. The molecule has 0 spiro atoms. The van der Waals surface area contributed by atoms with Crippen LogP contribution in [0.4, 0.5) is 0 Å². The summed E-state index contributed by atoms with van der Waals surface area (Å²) in [6.07, 6.45) is 11.3. The van der Waals surface area contributed by atoms with E-state index in [2.05, 4.69) is 10.5 Å². The highest BCUT2D eigenvalue weighted by molar-refractivity contribution is 5.92. The lowest BCUT2D eigenvalue weighted by Crippen LogP contribution is -2.38. The van der Waals surface area contributed by atoms with E-state index in [0.29, 0.717) is 42.9 Å². The standard InChI is InChI=1S/C22H35N3O3/c1-16(2)14-23-22(27)20-13-19(28-24-20)15-25(18-9-5-6-10-18)21(26)12-11-17-7-3-4-8-17/h13,16-18H,3-12,14-15H2,1-2H3,(H,23,27). The zero-order chi connectivity index (χ0) is 19.9. The minimum absolute atomic E-state index is 0.219. The molecule has 1 aromatic heterocycles. The fourth-order valence-electron chi connectivity index (χ4n) is 4.46. The molecule has 2 saturated carbocycles. The van der Waals surface area contributed by atoms with Crippen LogP contribution in [0.3, 0.4) is 0 Å². The Labute approximate surface area is 168 Å². The quantitative estimate of drug-likeness (QED) is 0.683. The van der Waals surface area contributed by atoms with Gasteiger partial charge in [0.2, 0.25) is 5.91 Å². The normalized spacial score (nSPS) is 18.1. The van der Waals surface area contributed by atoms with Crippen LogP contribution in [0.5, 0.6) is 0 Å². The first kappa shape index (κ1) is 20.9. The molecule has 6 heteroatoms. The number of aromatic nitrogens is 1. The van der Waals surface area contributed by atoms with Crippen LogP contribution in [0, 0.1) is 11.8 Å². The number of carbonyl (C=O) groups is 2. The van der Waals surface area contributed by atoms with Crippen molar-refractivity contribution in [3.8, 4) is 0 Å². The van der Waals surface area contributed by atoms with E-state index in [-0.39, 0.29) is 11.8 Å². The SMILES string of the molecule is CC(C)CNC(=O)c1cc(CN(C(=O)CCC2CCCC2)C2CCCC2)on1. The maximum absolute atomic E-state index is 13.0. The van der Waals surface area contributed by atoms with E-state index in [1.165, 1.54) is 38.5 Å². The summed E-state index contributed by atoms with van der Waals surface area (Å²) in [5, 5.41) is 6.77. The van der Waals surface area contributed by atoms with E-state index in [1.54, 1.807) is 6.07 Å². The molecular formula is C22H35N3O3. The second-order valence-corrected chi connectivity index (χ2v) is 8.93. The van der Waals surface area contributed by atoms with Gasteiger partial charge in [0.1, 0.15) is 0 Å². The minimum atomic E-state index is -0.219. The molecule has 0 aliphatic heterocycles. The molecule has 0 radical (unpaired) electrons. The number of nitrogens with one attached hydrogen (secondary N) is 1. The minimum Gasteiger partial charge on any atom is -0.359 e. The number of hydrogen-bond acceptors (Lipinski definition) is 4. The van der Waals surface area contributed by atoms with E-state index < -0.39 is 0 Å². The maximum Gasteiger partial charge on any atom is 0.273 e.